The Hall–Kier alpha value is -0.820. The lowest BCUT2D eigenvalue weighted by molar-refractivity contribution is 0.124. The van der Waals surface area contributed by atoms with Gasteiger partial charge in [0.25, 0.3) is 0 Å². The molecular formula is C17H25N. The van der Waals surface area contributed by atoms with Gasteiger partial charge in [-0.25, -0.2) is 0 Å². The number of benzene rings is 1. The maximum absolute atomic E-state index is 3.68. The van der Waals surface area contributed by atoms with Crippen LogP contribution in [0.1, 0.15) is 62.5 Å². The SMILES string of the molecule is CCC1(CNCc2cccc(C3CC3)c2)CCC1. The van der Waals surface area contributed by atoms with Crippen molar-refractivity contribution in [1.29, 1.82) is 0 Å². The van der Waals surface area contributed by atoms with E-state index in [0.717, 1.165) is 12.5 Å². The van der Waals surface area contributed by atoms with Crippen LogP contribution < -0.4 is 5.32 Å². The van der Waals surface area contributed by atoms with E-state index in [1.807, 2.05) is 0 Å². The van der Waals surface area contributed by atoms with E-state index < -0.39 is 0 Å². The summed E-state index contributed by atoms with van der Waals surface area (Å²) in [6.45, 7) is 4.59. The molecule has 1 nitrogen and oxygen atoms in total. The normalized spacial score (nSPS) is 21.6. The summed E-state index contributed by atoms with van der Waals surface area (Å²) < 4.78 is 0. The summed E-state index contributed by atoms with van der Waals surface area (Å²) in [5.74, 6) is 0.874. The third-order valence-corrected chi connectivity index (χ3v) is 4.99. The van der Waals surface area contributed by atoms with Crippen molar-refractivity contribution in [2.75, 3.05) is 6.54 Å². The molecule has 3 rings (SSSR count). The van der Waals surface area contributed by atoms with Gasteiger partial charge in [0.2, 0.25) is 0 Å². The minimum Gasteiger partial charge on any atom is -0.312 e. The lowest BCUT2D eigenvalue weighted by atomic mass is 9.67. The molecule has 0 atom stereocenters. The van der Waals surface area contributed by atoms with Crippen LogP contribution in [0, 0.1) is 5.41 Å². The van der Waals surface area contributed by atoms with Crippen molar-refractivity contribution in [2.45, 2.75) is 57.9 Å². The molecule has 1 aromatic rings. The fourth-order valence-electron chi connectivity index (χ4n) is 3.18. The average molecular weight is 243 g/mol. The highest BCUT2D eigenvalue weighted by Gasteiger charge is 2.34. The minimum absolute atomic E-state index is 0.633. The van der Waals surface area contributed by atoms with Gasteiger partial charge in [0.15, 0.2) is 0 Å². The van der Waals surface area contributed by atoms with Crippen molar-refractivity contribution in [3.05, 3.63) is 35.4 Å². The Kier molecular flexibility index (Phi) is 3.43. The first-order chi connectivity index (χ1) is 8.81. The summed E-state index contributed by atoms with van der Waals surface area (Å²) in [6, 6.07) is 9.19. The first kappa shape index (κ1) is 12.2. The van der Waals surface area contributed by atoms with E-state index in [-0.39, 0.29) is 0 Å². The Balaban J connectivity index is 1.51. The van der Waals surface area contributed by atoms with Gasteiger partial charge in [-0.15, -0.1) is 0 Å². The van der Waals surface area contributed by atoms with Crippen molar-refractivity contribution < 1.29 is 0 Å². The van der Waals surface area contributed by atoms with E-state index in [0.29, 0.717) is 5.41 Å². The van der Waals surface area contributed by atoms with Crippen LogP contribution in [0.4, 0.5) is 0 Å². The molecule has 0 spiro atoms. The molecule has 1 aromatic carbocycles. The Morgan fingerprint density at radius 3 is 2.72 bits per heavy atom. The molecule has 0 radical (unpaired) electrons. The molecule has 1 heteroatoms. The highest BCUT2D eigenvalue weighted by molar-refractivity contribution is 5.29. The highest BCUT2D eigenvalue weighted by Crippen LogP contribution is 2.43. The van der Waals surface area contributed by atoms with Gasteiger partial charge in [-0.1, -0.05) is 37.6 Å². The summed E-state index contributed by atoms with van der Waals surface area (Å²) in [7, 11) is 0. The third-order valence-electron chi connectivity index (χ3n) is 4.99. The first-order valence-electron chi connectivity index (χ1n) is 7.61. The van der Waals surface area contributed by atoms with E-state index >= 15 is 0 Å². The molecule has 0 unspecified atom stereocenters. The second-order valence-electron chi connectivity index (χ2n) is 6.33. The molecule has 2 saturated carbocycles. The fourth-order valence-corrected chi connectivity index (χ4v) is 3.18. The molecular weight excluding hydrogens is 218 g/mol. The van der Waals surface area contributed by atoms with Gasteiger partial charge in [0.05, 0.1) is 0 Å². The van der Waals surface area contributed by atoms with Crippen molar-refractivity contribution in [3.63, 3.8) is 0 Å². The van der Waals surface area contributed by atoms with E-state index in [2.05, 4.69) is 36.5 Å². The van der Waals surface area contributed by atoms with E-state index in [1.165, 1.54) is 50.6 Å². The van der Waals surface area contributed by atoms with Crippen LogP contribution >= 0.6 is 0 Å². The van der Waals surface area contributed by atoms with Crippen LogP contribution in [0.15, 0.2) is 24.3 Å². The summed E-state index contributed by atoms with van der Waals surface area (Å²) in [4.78, 5) is 0. The van der Waals surface area contributed by atoms with Gasteiger partial charge in [-0.05, 0) is 54.6 Å². The standard InChI is InChI=1S/C17H25N/c1-2-17(9-4-10-17)13-18-12-14-5-3-6-16(11-14)15-7-8-15/h3,5-6,11,15,18H,2,4,7-10,12-13H2,1H3. The van der Waals surface area contributed by atoms with E-state index in [1.54, 1.807) is 5.56 Å². The Morgan fingerprint density at radius 1 is 1.28 bits per heavy atom. The largest absolute Gasteiger partial charge is 0.312 e. The molecule has 2 aliphatic rings. The lowest BCUT2D eigenvalue weighted by Crippen LogP contribution is -2.39. The number of nitrogens with one attached hydrogen (secondary N) is 1. The van der Waals surface area contributed by atoms with Crippen LogP contribution in [-0.2, 0) is 6.54 Å². The Bertz CT molecular complexity index is 396. The molecule has 1 N–H and O–H groups in total. The first-order valence-corrected chi connectivity index (χ1v) is 7.61. The summed E-state index contributed by atoms with van der Waals surface area (Å²) in [6.07, 6.45) is 8.43. The number of hydrogen-bond donors (Lipinski definition) is 1. The predicted octanol–water partition coefficient (Wildman–Crippen LogP) is 4.23. The van der Waals surface area contributed by atoms with Gasteiger partial charge in [-0.3, -0.25) is 0 Å². The zero-order chi connectivity index (χ0) is 12.4. The quantitative estimate of drug-likeness (QED) is 0.788. The summed E-state index contributed by atoms with van der Waals surface area (Å²) >= 11 is 0. The number of hydrogen-bond acceptors (Lipinski definition) is 1. The van der Waals surface area contributed by atoms with Crippen molar-refractivity contribution in [2.24, 2.45) is 5.41 Å². The second kappa shape index (κ2) is 5.05. The molecule has 2 aliphatic carbocycles. The van der Waals surface area contributed by atoms with Crippen LogP contribution in [-0.4, -0.2) is 6.54 Å². The van der Waals surface area contributed by atoms with Gasteiger partial charge in [0.1, 0.15) is 0 Å². The van der Waals surface area contributed by atoms with Crippen molar-refractivity contribution in [1.82, 2.24) is 5.32 Å². The zero-order valence-electron chi connectivity index (χ0n) is 11.5. The van der Waals surface area contributed by atoms with Crippen molar-refractivity contribution in [3.8, 4) is 0 Å². The van der Waals surface area contributed by atoms with Gasteiger partial charge >= 0.3 is 0 Å². The molecule has 0 aliphatic heterocycles. The summed E-state index contributed by atoms with van der Waals surface area (Å²) in [5, 5.41) is 3.68. The topological polar surface area (TPSA) is 12.0 Å². The maximum Gasteiger partial charge on any atom is 0.0205 e. The smallest absolute Gasteiger partial charge is 0.0205 e. The molecule has 0 saturated heterocycles. The molecule has 18 heavy (non-hydrogen) atoms. The maximum atomic E-state index is 3.68. The molecule has 0 bridgehead atoms. The molecule has 0 aromatic heterocycles. The molecule has 2 fully saturated rings. The second-order valence-corrected chi connectivity index (χ2v) is 6.33. The Morgan fingerprint density at radius 2 is 2.11 bits per heavy atom. The van der Waals surface area contributed by atoms with Crippen molar-refractivity contribution >= 4 is 0 Å². The average Bonchev–Trinajstić information content (AvgIpc) is 3.17. The highest BCUT2D eigenvalue weighted by atomic mass is 14.9. The molecule has 0 amide bonds. The third kappa shape index (κ3) is 2.61. The summed E-state index contributed by atoms with van der Waals surface area (Å²) in [5.41, 5.74) is 3.65. The van der Waals surface area contributed by atoms with Crippen LogP contribution in [0.25, 0.3) is 0 Å². The molecule has 98 valence electrons. The minimum atomic E-state index is 0.633. The lowest BCUT2D eigenvalue weighted by Gasteiger charge is -2.41. The van der Waals surface area contributed by atoms with Gasteiger partial charge in [0, 0.05) is 13.1 Å². The zero-order valence-corrected chi connectivity index (χ0v) is 11.5. The number of rotatable bonds is 6. The van der Waals surface area contributed by atoms with Gasteiger partial charge in [-0.2, -0.15) is 0 Å². The van der Waals surface area contributed by atoms with E-state index in [4.69, 9.17) is 0 Å². The fraction of sp³-hybridized carbons (Fsp3) is 0.647. The van der Waals surface area contributed by atoms with Crippen LogP contribution in [0.3, 0.4) is 0 Å². The van der Waals surface area contributed by atoms with Crippen LogP contribution in [0.5, 0.6) is 0 Å². The monoisotopic (exact) mass is 243 g/mol. The predicted molar refractivity (Wildman–Crippen MR) is 76.7 cm³/mol. The van der Waals surface area contributed by atoms with Gasteiger partial charge < -0.3 is 5.32 Å². The molecule has 0 heterocycles. The van der Waals surface area contributed by atoms with Crippen LogP contribution in [0.2, 0.25) is 0 Å². The Labute approximate surface area is 111 Å². The van der Waals surface area contributed by atoms with E-state index in [9.17, 15) is 0 Å².